The molecule has 1 fully saturated rings. The predicted octanol–water partition coefficient (Wildman–Crippen LogP) is 6.58. The van der Waals surface area contributed by atoms with Crippen LogP contribution in [0, 0.1) is 19.7 Å². The van der Waals surface area contributed by atoms with Gasteiger partial charge in [-0.15, -0.1) is 0 Å². The summed E-state index contributed by atoms with van der Waals surface area (Å²) in [5.74, 6) is 0.00999. The summed E-state index contributed by atoms with van der Waals surface area (Å²) in [4.78, 5) is 10.1. The molecule has 0 bridgehead atoms. The summed E-state index contributed by atoms with van der Waals surface area (Å²) in [6, 6.07) is 20.2. The van der Waals surface area contributed by atoms with Crippen LogP contribution in [0.1, 0.15) is 16.7 Å². The largest absolute Gasteiger partial charge is 0.378 e. The molecule has 0 saturated carbocycles. The van der Waals surface area contributed by atoms with Gasteiger partial charge in [-0.25, -0.2) is 14.8 Å². The minimum absolute atomic E-state index is 0.227. The van der Waals surface area contributed by atoms with Crippen LogP contribution in [0.25, 0.3) is 11.1 Å². The Labute approximate surface area is 226 Å². The van der Waals surface area contributed by atoms with Gasteiger partial charge in [0, 0.05) is 29.5 Å². The Bertz CT molecular complexity index is 1470. The number of ether oxygens (including phenoxy) is 1. The first-order valence-electron chi connectivity index (χ1n) is 12.3. The summed E-state index contributed by atoms with van der Waals surface area (Å²) in [5.41, 5.74) is 9.99. The highest BCUT2D eigenvalue weighted by molar-refractivity contribution is 6.31. The van der Waals surface area contributed by atoms with Crippen LogP contribution in [0.15, 0.2) is 72.0 Å². The van der Waals surface area contributed by atoms with Crippen molar-refractivity contribution in [1.29, 1.82) is 0 Å². The summed E-state index contributed by atoms with van der Waals surface area (Å²) in [6.07, 6.45) is 2.84. The van der Waals surface area contributed by atoms with Gasteiger partial charge in [-0.3, -0.25) is 0 Å². The third-order valence-corrected chi connectivity index (χ3v) is 6.53. The van der Waals surface area contributed by atoms with E-state index in [-0.39, 0.29) is 11.8 Å². The van der Waals surface area contributed by atoms with Crippen LogP contribution in [0.3, 0.4) is 0 Å². The fourth-order valence-corrected chi connectivity index (χ4v) is 4.58. The third kappa shape index (κ3) is 6.10. The molecule has 194 valence electrons. The van der Waals surface area contributed by atoms with Crippen molar-refractivity contribution < 1.29 is 9.13 Å². The Morgan fingerprint density at radius 2 is 1.82 bits per heavy atom. The van der Waals surface area contributed by atoms with Crippen molar-refractivity contribution in [1.82, 2.24) is 9.97 Å². The second kappa shape index (κ2) is 11.6. The normalized spacial score (nSPS) is 13.6. The third-order valence-electron chi connectivity index (χ3n) is 6.32. The molecule has 7 nitrogen and oxygen atoms in total. The molecule has 1 aromatic heterocycles. The summed E-state index contributed by atoms with van der Waals surface area (Å²) in [5, 5.41) is 8.38. The van der Waals surface area contributed by atoms with Gasteiger partial charge in [0.1, 0.15) is 0 Å². The van der Waals surface area contributed by atoms with Crippen LogP contribution >= 0.6 is 11.6 Å². The monoisotopic (exact) mass is 530 g/mol. The number of hydrazone groups is 1. The number of hydrogen-bond donors (Lipinski definition) is 2. The zero-order chi connectivity index (χ0) is 26.5. The number of nitrogens with one attached hydrogen (secondary N) is 2. The molecule has 0 spiro atoms. The fourth-order valence-electron chi connectivity index (χ4n) is 4.35. The van der Waals surface area contributed by atoms with E-state index >= 15 is 0 Å². The molecule has 1 aliphatic rings. The molecule has 4 aromatic rings. The summed E-state index contributed by atoms with van der Waals surface area (Å²) in [6.45, 7) is 6.35. The molecule has 1 aliphatic heterocycles. The van der Waals surface area contributed by atoms with Gasteiger partial charge in [-0.1, -0.05) is 41.9 Å². The first-order chi connectivity index (χ1) is 18.5. The van der Waals surface area contributed by atoms with E-state index in [1.807, 2.05) is 54.3 Å². The van der Waals surface area contributed by atoms with Gasteiger partial charge in [0.05, 0.1) is 25.6 Å². The lowest BCUT2D eigenvalue weighted by atomic mass is 10.00. The van der Waals surface area contributed by atoms with E-state index < -0.39 is 5.82 Å². The topological polar surface area (TPSA) is 74.7 Å². The number of hydrogen-bond acceptors (Lipinski definition) is 7. The van der Waals surface area contributed by atoms with E-state index in [4.69, 9.17) is 16.3 Å². The maximum Gasteiger partial charge on any atom is 0.245 e. The second-order valence-corrected chi connectivity index (χ2v) is 9.51. The van der Waals surface area contributed by atoms with Crippen molar-refractivity contribution in [2.75, 3.05) is 41.9 Å². The van der Waals surface area contributed by atoms with Crippen molar-refractivity contribution in [3.05, 3.63) is 94.4 Å². The molecule has 0 radical (unpaired) electrons. The van der Waals surface area contributed by atoms with Gasteiger partial charge in [0.2, 0.25) is 5.95 Å². The van der Waals surface area contributed by atoms with Gasteiger partial charge in [-0.05, 0) is 72.0 Å². The average molecular weight is 531 g/mol. The van der Waals surface area contributed by atoms with Crippen molar-refractivity contribution in [3.63, 3.8) is 0 Å². The number of anilines is 4. The Morgan fingerprint density at radius 1 is 1.00 bits per heavy atom. The molecule has 3 aromatic carbocycles. The predicted molar refractivity (Wildman–Crippen MR) is 152 cm³/mol. The molecule has 9 heteroatoms. The fraction of sp³-hybridized carbons (Fsp3) is 0.207. The summed E-state index contributed by atoms with van der Waals surface area (Å²) in [7, 11) is 0. The van der Waals surface area contributed by atoms with E-state index in [2.05, 4.69) is 50.9 Å². The molecule has 1 saturated heterocycles. The van der Waals surface area contributed by atoms with Crippen molar-refractivity contribution in [2.24, 2.45) is 5.10 Å². The Kier molecular flexibility index (Phi) is 7.81. The van der Waals surface area contributed by atoms with Gasteiger partial charge < -0.3 is 15.0 Å². The number of aromatic nitrogens is 2. The molecule has 0 aliphatic carbocycles. The number of aryl methyl sites for hydroxylation is 2. The first-order valence-corrected chi connectivity index (χ1v) is 12.7. The van der Waals surface area contributed by atoms with E-state index in [0.29, 0.717) is 31.3 Å². The van der Waals surface area contributed by atoms with Crippen LogP contribution in [0.4, 0.5) is 27.5 Å². The molecular weight excluding hydrogens is 503 g/mol. The molecule has 2 heterocycles. The average Bonchev–Trinajstić information content (AvgIpc) is 2.91. The molecule has 2 N–H and O–H groups in total. The van der Waals surface area contributed by atoms with Crippen molar-refractivity contribution in [3.8, 4) is 11.1 Å². The van der Waals surface area contributed by atoms with Gasteiger partial charge in [-0.2, -0.15) is 10.1 Å². The first kappa shape index (κ1) is 25.6. The molecule has 5 rings (SSSR count). The number of morpholine rings is 1. The van der Waals surface area contributed by atoms with Gasteiger partial charge >= 0.3 is 0 Å². The molecule has 0 atom stereocenters. The van der Waals surface area contributed by atoms with Crippen LogP contribution in [-0.4, -0.2) is 42.5 Å². The smallest absolute Gasteiger partial charge is 0.245 e. The highest BCUT2D eigenvalue weighted by atomic mass is 35.5. The van der Waals surface area contributed by atoms with Crippen LogP contribution in [-0.2, 0) is 4.74 Å². The minimum atomic E-state index is -0.467. The maximum absolute atomic E-state index is 14.2. The standard InChI is InChI=1S/C29H28ClFN6O/c1-19-5-3-4-6-26(19)22-14-23(30)16-25(15-22)34-24-8-7-21(20(2)13-24)17-33-36-29-32-18-27(31)28(35-29)37-9-11-38-12-10-37/h3-8,13-18,34H,9-12H2,1-2H3,(H,32,35,36)/b33-17+. The van der Waals surface area contributed by atoms with Gasteiger partial charge in [0.15, 0.2) is 11.6 Å². The second-order valence-electron chi connectivity index (χ2n) is 9.07. The van der Waals surface area contributed by atoms with Crippen LogP contribution < -0.4 is 15.6 Å². The lowest BCUT2D eigenvalue weighted by Gasteiger charge is -2.27. The van der Waals surface area contributed by atoms with E-state index in [9.17, 15) is 4.39 Å². The highest BCUT2D eigenvalue weighted by Gasteiger charge is 2.17. The lowest BCUT2D eigenvalue weighted by molar-refractivity contribution is 0.122. The SMILES string of the molecule is Cc1cc(Nc2cc(Cl)cc(-c3ccccc3C)c2)ccc1/C=N/Nc1ncc(F)c(N2CCOCC2)n1. The zero-order valence-electron chi connectivity index (χ0n) is 21.2. The number of nitrogens with zero attached hydrogens (tertiary/aromatic N) is 4. The summed E-state index contributed by atoms with van der Waals surface area (Å²) >= 11 is 6.44. The number of halogens is 2. The van der Waals surface area contributed by atoms with E-state index in [1.165, 1.54) is 5.56 Å². The van der Waals surface area contributed by atoms with Crippen LogP contribution in [0.2, 0.25) is 5.02 Å². The maximum atomic E-state index is 14.2. The summed E-state index contributed by atoms with van der Waals surface area (Å²) < 4.78 is 19.6. The van der Waals surface area contributed by atoms with E-state index in [0.717, 1.165) is 39.8 Å². The number of rotatable bonds is 7. The lowest BCUT2D eigenvalue weighted by Crippen LogP contribution is -2.37. The van der Waals surface area contributed by atoms with Gasteiger partial charge in [0.25, 0.3) is 0 Å². The Hall–Kier alpha value is -4.01. The quantitative estimate of drug-likeness (QED) is 0.208. The zero-order valence-corrected chi connectivity index (χ0v) is 22.0. The Morgan fingerprint density at radius 3 is 2.61 bits per heavy atom. The van der Waals surface area contributed by atoms with Crippen LogP contribution in [0.5, 0.6) is 0 Å². The highest BCUT2D eigenvalue weighted by Crippen LogP contribution is 2.31. The molecule has 38 heavy (non-hydrogen) atoms. The molecular formula is C29H28ClFN6O. The number of benzene rings is 3. The molecule has 0 amide bonds. The van der Waals surface area contributed by atoms with Crippen molar-refractivity contribution in [2.45, 2.75) is 13.8 Å². The minimum Gasteiger partial charge on any atom is -0.378 e. The van der Waals surface area contributed by atoms with E-state index in [1.54, 1.807) is 6.21 Å². The Balaban J connectivity index is 1.27. The molecule has 0 unspecified atom stereocenters. The van der Waals surface area contributed by atoms with Crippen molar-refractivity contribution >= 4 is 41.0 Å².